The lowest BCUT2D eigenvalue weighted by molar-refractivity contribution is -0.113. The molecule has 2 aromatic carbocycles. The number of anilines is 2. The lowest BCUT2D eigenvalue weighted by Gasteiger charge is -2.29. The van der Waals surface area contributed by atoms with E-state index in [0.29, 0.717) is 16.7 Å². The number of nitrogens with zero attached hydrogens (tertiary/aromatic N) is 3. The maximum atomic E-state index is 13.5. The summed E-state index contributed by atoms with van der Waals surface area (Å²) >= 11 is 5.13. The molecule has 1 aliphatic rings. The van der Waals surface area contributed by atoms with Gasteiger partial charge in [-0.3, -0.25) is 4.79 Å². The number of amides is 1. The van der Waals surface area contributed by atoms with Gasteiger partial charge in [0, 0.05) is 15.9 Å². The van der Waals surface area contributed by atoms with Gasteiger partial charge in [-0.2, -0.15) is 4.98 Å². The van der Waals surface area contributed by atoms with Crippen LogP contribution in [0.4, 0.5) is 11.6 Å². The number of carbonyl (C=O) groups excluding carboxylic acids is 1. The highest BCUT2D eigenvalue weighted by Crippen LogP contribution is 2.37. The predicted octanol–water partition coefficient (Wildman–Crippen LogP) is 5.39. The highest BCUT2D eigenvalue weighted by atomic mass is 79.9. The average molecular weight is 484 g/mol. The molecule has 0 saturated carbocycles. The number of rotatable bonds is 5. The topological polar surface area (TPSA) is 71.8 Å². The van der Waals surface area contributed by atoms with Crippen molar-refractivity contribution in [2.75, 3.05) is 16.4 Å². The number of halogens is 1. The molecule has 2 N–H and O–H groups in total. The van der Waals surface area contributed by atoms with Gasteiger partial charge in [0.15, 0.2) is 0 Å². The van der Waals surface area contributed by atoms with E-state index in [9.17, 15) is 4.79 Å². The van der Waals surface area contributed by atoms with Crippen LogP contribution in [0.5, 0.6) is 0 Å². The van der Waals surface area contributed by atoms with E-state index < -0.39 is 0 Å². The van der Waals surface area contributed by atoms with Crippen molar-refractivity contribution in [1.29, 1.82) is 0 Å². The summed E-state index contributed by atoms with van der Waals surface area (Å²) in [5.41, 5.74) is 4.14. The fraction of sp³-hybridized carbons (Fsp3) is 0.227. The molecule has 154 valence electrons. The summed E-state index contributed by atoms with van der Waals surface area (Å²) in [5.74, 6) is 1.35. The highest BCUT2D eigenvalue weighted by Gasteiger charge is 2.34. The molecule has 1 aliphatic heterocycles. The van der Waals surface area contributed by atoms with E-state index in [0.717, 1.165) is 32.7 Å². The van der Waals surface area contributed by atoms with Gasteiger partial charge in [0.05, 0.1) is 5.57 Å². The second-order valence-corrected chi connectivity index (χ2v) is 9.13. The number of aromatic nitrogens is 3. The number of carbonyl (C=O) groups is 1. The van der Waals surface area contributed by atoms with Crippen molar-refractivity contribution in [3.8, 4) is 0 Å². The summed E-state index contributed by atoms with van der Waals surface area (Å²) < 4.78 is 2.75. The Morgan fingerprint density at radius 1 is 1.23 bits per heavy atom. The van der Waals surface area contributed by atoms with E-state index in [-0.39, 0.29) is 11.9 Å². The Labute approximate surface area is 188 Å². The van der Waals surface area contributed by atoms with Crippen LogP contribution in [0.25, 0.3) is 0 Å². The van der Waals surface area contributed by atoms with Crippen molar-refractivity contribution in [1.82, 2.24) is 14.8 Å². The molecule has 4 rings (SSSR count). The van der Waals surface area contributed by atoms with Crippen LogP contribution in [0.15, 0.2) is 69.4 Å². The van der Waals surface area contributed by atoms with E-state index >= 15 is 0 Å². The summed E-state index contributed by atoms with van der Waals surface area (Å²) in [4.78, 5) is 18.1. The summed E-state index contributed by atoms with van der Waals surface area (Å²) in [5, 5.41) is 11.7. The fourth-order valence-electron chi connectivity index (χ4n) is 3.50. The molecule has 0 bridgehead atoms. The second kappa shape index (κ2) is 8.65. The zero-order chi connectivity index (χ0) is 21.3. The SMILES string of the molecule is CCSc1nc2n(n1)[C@@H](c1cccc(Br)c1)C(C(=O)Nc1ccccc1C)=C(C)N2. The second-order valence-electron chi connectivity index (χ2n) is 6.99. The molecule has 1 atom stereocenters. The third-order valence-electron chi connectivity index (χ3n) is 4.91. The van der Waals surface area contributed by atoms with Gasteiger partial charge in [0.2, 0.25) is 11.1 Å². The smallest absolute Gasteiger partial charge is 0.255 e. The van der Waals surface area contributed by atoms with Crippen LogP contribution < -0.4 is 10.6 Å². The first-order valence-electron chi connectivity index (χ1n) is 9.67. The Morgan fingerprint density at radius 3 is 2.77 bits per heavy atom. The van der Waals surface area contributed by atoms with E-state index in [1.54, 1.807) is 16.4 Å². The van der Waals surface area contributed by atoms with E-state index in [1.807, 2.05) is 62.4 Å². The number of benzene rings is 2. The minimum absolute atomic E-state index is 0.162. The molecule has 1 aromatic heterocycles. The summed E-state index contributed by atoms with van der Waals surface area (Å²) in [6, 6.07) is 15.3. The minimum Gasteiger partial charge on any atom is -0.328 e. The van der Waals surface area contributed by atoms with Crippen LogP contribution in [0.3, 0.4) is 0 Å². The zero-order valence-corrected chi connectivity index (χ0v) is 19.3. The first-order valence-corrected chi connectivity index (χ1v) is 11.5. The van der Waals surface area contributed by atoms with Gasteiger partial charge in [-0.1, -0.05) is 64.9 Å². The Hall–Kier alpha value is -2.58. The minimum atomic E-state index is -0.388. The third-order valence-corrected chi connectivity index (χ3v) is 6.12. The largest absolute Gasteiger partial charge is 0.328 e. The molecular formula is C22H22BrN5OS. The van der Waals surface area contributed by atoms with Crippen LogP contribution in [-0.2, 0) is 4.79 Å². The Bertz CT molecular complexity index is 1140. The van der Waals surface area contributed by atoms with Crippen LogP contribution in [0.1, 0.15) is 31.0 Å². The molecule has 0 aliphatic carbocycles. The third kappa shape index (κ3) is 4.02. The van der Waals surface area contributed by atoms with Crippen LogP contribution in [0.2, 0.25) is 0 Å². The van der Waals surface area contributed by atoms with Crippen molar-refractivity contribution in [3.63, 3.8) is 0 Å². The summed E-state index contributed by atoms with van der Waals surface area (Å²) in [6.07, 6.45) is 0. The average Bonchev–Trinajstić information content (AvgIpc) is 3.10. The molecule has 8 heteroatoms. The molecule has 2 heterocycles. The number of aryl methyl sites for hydroxylation is 1. The predicted molar refractivity (Wildman–Crippen MR) is 125 cm³/mol. The van der Waals surface area contributed by atoms with Crippen molar-refractivity contribution < 1.29 is 4.79 Å². The highest BCUT2D eigenvalue weighted by molar-refractivity contribution is 9.10. The summed E-state index contributed by atoms with van der Waals surface area (Å²) in [7, 11) is 0. The van der Waals surface area contributed by atoms with Gasteiger partial charge in [0.25, 0.3) is 5.91 Å². The number of hydrogen-bond donors (Lipinski definition) is 2. The number of hydrogen-bond acceptors (Lipinski definition) is 5. The van der Waals surface area contributed by atoms with Gasteiger partial charge in [-0.15, -0.1) is 5.10 Å². The Kier molecular flexibility index (Phi) is 5.97. The van der Waals surface area contributed by atoms with Gasteiger partial charge < -0.3 is 10.6 Å². The molecule has 0 spiro atoms. The first kappa shape index (κ1) is 20.7. The molecule has 30 heavy (non-hydrogen) atoms. The Morgan fingerprint density at radius 2 is 2.03 bits per heavy atom. The van der Waals surface area contributed by atoms with Crippen molar-refractivity contribution in [3.05, 3.63) is 75.4 Å². The lowest BCUT2D eigenvalue weighted by atomic mass is 9.95. The van der Waals surface area contributed by atoms with Crippen molar-refractivity contribution in [2.45, 2.75) is 32.0 Å². The van der Waals surface area contributed by atoms with E-state index in [4.69, 9.17) is 5.10 Å². The zero-order valence-electron chi connectivity index (χ0n) is 16.9. The van der Waals surface area contributed by atoms with E-state index in [1.165, 1.54) is 0 Å². The molecule has 0 saturated heterocycles. The van der Waals surface area contributed by atoms with Gasteiger partial charge in [-0.25, -0.2) is 4.68 Å². The first-order chi connectivity index (χ1) is 14.5. The molecule has 0 radical (unpaired) electrons. The molecule has 0 fully saturated rings. The lowest BCUT2D eigenvalue weighted by Crippen LogP contribution is -2.31. The monoisotopic (exact) mass is 483 g/mol. The Balaban J connectivity index is 1.80. The standard InChI is InChI=1S/C22H22BrN5OS/c1-4-30-22-26-21-24-14(3)18(20(29)25-17-11-6-5-8-13(17)2)19(28(21)27-22)15-9-7-10-16(23)12-15/h5-12,19H,4H2,1-3H3,(H,25,29)(H,24,26,27)/t19-/m0/s1. The van der Waals surface area contributed by atoms with Gasteiger partial charge in [-0.05, 0) is 48.9 Å². The maximum Gasteiger partial charge on any atom is 0.255 e. The molecule has 0 unspecified atom stereocenters. The number of fused-ring (bicyclic) bond motifs is 1. The van der Waals surface area contributed by atoms with Crippen LogP contribution in [-0.4, -0.2) is 26.4 Å². The van der Waals surface area contributed by atoms with Crippen LogP contribution in [0, 0.1) is 6.92 Å². The van der Waals surface area contributed by atoms with E-state index in [2.05, 4.69) is 38.5 Å². The molecule has 1 amide bonds. The maximum absolute atomic E-state index is 13.5. The normalized spacial score (nSPS) is 15.5. The fourth-order valence-corrected chi connectivity index (χ4v) is 4.48. The molecule has 3 aromatic rings. The number of thioether (sulfide) groups is 1. The van der Waals surface area contributed by atoms with Crippen molar-refractivity contribution >= 4 is 45.2 Å². The summed E-state index contributed by atoms with van der Waals surface area (Å²) in [6.45, 7) is 5.95. The number of para-hydroxylation sites is 1. The number of nitrogens with one attached hydrogen (secondary N) is 2. The quantitative estimate of drug-likeness (QED) is 0.476. The van der Waals surface area contributed by atoms with Crippen molar-refractivity contribution in [2.24, 2.45) is 0 Å². The molecule has 6 nitrogen and oxygen atoms in total. The van der Waals surface area contributed by atoms with Crippen LogP contribution >= 0.6 is 27.7 Å². The number of allylic oxidation sites excluding steroid dienone is 1. The molecular weight excluding hydrogens is 462 g/mol. The van der Waals surface area contributed by atoms with Gasteiger partial charge >= 0.3 is 0 Å². The van der Waals surface area contributed by atoms with Gasteiger partial charge in [0.1, 0.15) is 6.04 Å².